The third kappa shape index (κ3) is 4.60. The lowest BCUT2D eigenvalue weighted by Gasteiger charge is -2.23. The second-order valence-electron chi connectivity index (χ2n) is 7.67. The van der Waals surface area contributed by atoms with Crippen LogP contribution in [0.5, 0.6) is 0 Å². The van der Waals surface area contributed by atoms with Crippen LogP contribution in [0.25, 0.3) is 10.9 Å². The molecule has 2 atom stereocenters. The van der Waals surface area contributed by atoms with Gasteiger partial charge in [0.05, 0.1) is 29.0 Å². The van der Waals surface area contributed by atoms with Crippen LogP contribution in [0.1, 0.15) is 35.9 Å². The summed E-state index contributed by atoms with van der Waals surface area (Å²) in [5, 5.41) is 11.3. The molecule has 4 rings (SSSR count). The Morgan fingerprint density at radius 1 is 1.21 bits per heavy atom. The first-order valence-electron chi connectivity index (χ1n) is 10.5. The molecule has 33 heavy (non-hydrogen) atoms. The molecule has 0 aliphatic rings. The maximum Gasteiger partial charge on any atom is 0.252 e. The van der Waals surface area contributed by atoms with Gasteiger partial charge >= 0.3 is 0 Å². The predicted octanol–water partition coefficient (Wildman–Crippen LogP) is 3.33. The van der Waals surface area contributed by atoms with Gasteiger partial charge in [-0.05, 0) is 50.2 Å². The van der Waals surface area contributed by atoms with Crippen molar-refractivity contribution in [3.63, 3.8) is 0 Å². The van der Waals surface area contributed by atoms with E-state index in [9.17, 15) is 9.18 Å². The molecule has 0 radical (unpaired) electrons. The fourth-order valence-corrected chi connectivity index (χ4v) is 3.61. The molecule has 0 saturated carbocycles. The quantitative estimate of drug-likeness (QED) is 0.324. The van der Waals surface area contributed by atoms with E-state index < -0.39 is 23.8 Å². The lowest BCUT2D eigenvalue weighted by molar-refractivity contribution is 0.100. The average molecular weight is 449 g/mol. The first kappa shape index (κ1) is 22.2. The highest BCUT2D eigenvalue weighted by atomic mass is 19.1. The highest BCUT2D eigenvalue weighted by Gasteiger charge is 2.22. The van der Waals surface area contributed by atoms with Crippen LogP contribution in [0.2, 0.25) is 0 Å². The molecule has 170 valence electrons. The number of halogens is 1. The number of hydrogen-bond acceptors (Lipinski definition) is 7. The van der Waals surface area contributed by atoms with Gasteiger partial charge in [-0.2, -0.15) is 5.10 Å². The van der Waals surface area contributed by atoms with E-state index in [2.05, 4.69) is 25.7 Å². The Bertz CT molecular complexity index is 1290. The van der Waals surface area contributed by atoms with Gasteiger partial charge in [0.1, 0.15) is 5.82 Å². The summed E-state index contributed by atoms with van der Waals surface area (Å²) in [6.07, 6.45) is 3.39. The summed E-state index contributed by atoms with van der Waals surface area (Å²) in [5.41, 5.74) is 13.8. The van der Waals surface area contributed by atoms with Gasteiger partial charge in [-0.1, -0.05) is 6.07 Å². The third-order valence-electron chi connectivity index (χ3n) is 5.27. The molecule has 3 heterocycles. The number of primary amides is 1. The second-order valence-corrected chi connectivity index (χ2v) is 7.67. The van der Waals surface area contributed by atoms with Gasteiger partial charge in [-0.15, -0.1) is 0 Å². The highest BCUT2D eigenvalue weighted by molar-refractivity contribution is 5.99. The smallest absolute Gasteiger partial charge is 0.252 e. The zero-order valence-electron chi connectivity index (χ0n) is 18.3. The Morgan fingerprint density at radius 3 is 2.70 bits per heavy atom. The molecule has 0 aliphatic carbocycles. The largest absolute Gasteiger partial charge is 0.365 e. The number of nitrogens with two attached hydrogens (primary N) is 2. The van der Waals surface area contributed by atoms with Crippen LogP contribution in [0.15, 0.2) is 54.9 Å². The van der Waals surface area contributed by atoms with Gasteiger partial charge in [0.25, 0.3) is 5.91 Å². The van der Waals surface area contributed by atoms with Crippen molar-refractivity contribution in [1.82, 2.24) is 19.7 Å². The molecule has 0 spiro atoms. The minimum Gasteiger partial charge on any atom is -0.365 e. The lowest BCUT2D eigenvalue weighted by atomic mass is 10.1. The summed E-state index contributed by atoms with van der Waals surface area (Å²) in [6, 6.07) is 11.2. The van der Waals surface area contributed by atoms with Gasteiger partial charge in [0.2, 0.25) is 0 Å². The van der Waals surface area contributed by atoms with Gasteiger partial charge in [0.15, 0.2) is 11.6 Å². The van der Waals surface area contributed by atoms with E-state index in [4.69, 9.17) is 11.5 Å². The van der Waals surface area contributed by atoms with Crippen molar-refractivity contribution in [3.05, 3.63) is 71.9 Å². The third-order valence-corrected chi connectivity index (χ3v) is 5.27. The highest BCUT2D eigenvalue weighted by Crippen LogP contribution is 2.28. The first-order valence-corrected chi connectivity index (χ1v) is 10.5. The SMILES string of the molecule is CCn1ncc2cc(Nc3nc(N[C@H](c4ccccn4)[C@H](C)N)c(F)cc3C(N)=O)ccc21. The minimum atomic E-state index is -0.802. The number of anilines is 3. The molecule has 0 aliphatic heterocycles. The van der Waals surface area contributed by atoms with Crippen LogP contribution in [0, 0.1) is 5.82 Å². The first-order chi connectivity index (χ1) is 15.9. The fourth-order valence-electron chi connectivity index (χ4n) is 3.61. The maximum atomic E-state index is 14.9. The van der Waals surface area contributed by atoms with E-state index in [1.54, 1.807) is 31.5 Å². The Labute approximate surface area is 190 Å². The standard InChI is InChI=1S/C23H25FN8O/c1-3-32-19-8-7-15(10-14(19)12-28-32)29-22-16(21(26)33)11-17(24)23(31-22)30-20(13(2)25)18-6-4-5-9-27-18/h4-13,20H,3,25H2,1-2H3,(H2,26,33)(H2,29,30,31)/t13-,20-/m0/s1. The number of aromatic nitrogens is 4. The normalized spacial score (nSPS) is 13.0. The van der Waals surface area contributed by atoms with E-state index >= 15 is 0 Å². The molecule has 1 amide bonds. The van der Waals surface area contributed by atoms with Crippen LogP contribution in [0.4, 0.5) is 21.7 Å². The molecule has 0 unspecified atom stereocenters. The van der Waals surface area contributed by atoms with Crippen LogP contribution in [-0.2, 0) is 6.54 Å². The number of rotatable bonds is 8. The summed E-state index contributed by atoms with van der Waals surface area (Å²) in [6.45, 7) is 4.54. The summed E-state index contributed by atoms with van der Waals surface area (Å²) in [4.78, 5) is 20.6. The van der Waals surface area contributed by atoms with Gasteiger partial charge in [0, 0.05) is 29.9 Å². The Kier molecular flexibility index (Phi) is 6.18. The molecule has 0 bridgehead atoms. The Hall–Kier alpha value is -4.05. The molecule has 9 nitrogen and oxygen atoms in total. The van der Waals surface area contributed by atoms with Crippen molar-refractivity contribution in [1.29, 1.82) is 0 Å². The van der Waals surface area contributed by atoms with Crippen LogP contribution in [0.3, 0.4) is 0 Å². The number of amides is 1. The van der Waals surface area contributed by atoms with Crippen molar-refractivity contribution in [3.8, 4) is 0 Å². The average Bonchev–Trinajstić information content (AvgIpc) is 3.21. The van der Waals surface area contributed by atoms with E-state index in [0.29, 0.717) is 11.4 Å². The van der Waals surface area contributed by atoms with Gasteiger partial charge in [-0.3, -0.25) is 14.5 Å². The number of pyridine rings is 2. The fraction of sp³-hybridized carbons (Fsp3) is 0.217. The number of hydrogen-bond donors (Lipinski definition) is 4. The predicted molar refractivity (Wildman–Crippen MR) is 126 cm³/mol. The van der Waals surface area contributed by atoms with Crippen molar-refractivity contribution in [2.75, 3.05) is 10.6 Å². The van der Waals surface area contributed by atoms with Gasteiger partial charge < -0.3 is 22.1 Å². The molecule has 0 saturated heterocycles. The summed E-state index contributed by atoms with van der Waals surface area (Å²) < 4.78 is 16.8. The minimum absolute atomic E-state index is 0.0717. The van der Waals surface area contributed by atoms with E-state index in [1.165, 1.54) is 0 Å². The number of benzene rings is 1. The van der Waals surface area contributed by atoms with Crippen molar-refractivity contribution in [2.24, 2.45) is 11.5 Å². The second kappa shape index (κ2) is 9.21. The number of carbonyl (C=O) groups excluding carboxylic acids is 1. The molecule has 3 aromatic heterocycles. The Balaban J connectivity index is 1.70. The number of aryl methyl sites for hydroxylation is 1. The maximum absolute atomic E-state index is 14.9. The molecular weight excluding hydrogens is 423 g/mol. The number of fused-ring (bicyclic) bond motifs is 1. The summed E-state index contributed by atoms with van der Waals surface area (Å²) >= 11 is 0. The molecule has 10 heteroatoms. The molecule has 6 N–H and O–H groups in total. The molecule has 1 aromatic carbocycles. The van der Waals surface area contributed by atoms with E-state index in [1.807, 2.05) is 35.9 Å². The number of carbonyl (C=O) groups is 1. The van der Waals surface area contributed by atoms with Crippen LogP contribution < -0.4 is 22.1 Å². The topological polar surface area (TPSA) is 137 Å². The number of nitrogens with zero attached hydrogens (tertiary/aromatic N) is 4. The van der Waals surface area contributed by atoms with Crippen LogP contribution >= 0.6 is 0 Å². The zero-order valence-corrected chi connectivity index (χ0v) is 18.3. The molecule has 4 aromatic rings. The van der Waals surface area contributed by atoms with Crippen molar-refractivity contribution >= 4 is 34.1 Å². The lowest BCUT2D eigenvalue weighted by Crippen LogP contribution is -2.32. The van der Waals surface area contributed by atoms with Crippen LogP contribution in [-0.4, -0.2) is 31.7 Å². The Morgan fingerprint density at radius 2 is 2.03 bits per heavy atom. The van der Waals surface area contributed by atoms with E-state index in [0.717, 1.165) is 23.5 Å². The zero-order chi connectivity index (χ0) is 23.5. The molecule has 0 fully saturated rings. The molecular formula is C23H25FN8O. The summed E-state index contributed by atoms with van der Waals surface area (Å²) in [5.74, 6) is -1.48. The van der Waals surface area contributed by atoms with Gasteiger partial charge in [-0.25, -0.2) is 9.37 Å². The monoisotopic (exact) mass is 448 g/mol. The van der Waals surface area contributed by atoms with E-state index in [-0.39, 0.29) is 17.2 Å². The van der Waals surface area contributed by atoms with Crippen molar-refractivity contribution < 1.29 is 9.18 Å². The number of nitrogens with one attached hydrogen (secondary N) is 2. The summed E-state index contributed by atoms with van der Waals surface area (Å²) in [7, 11) is 0. The van der Waals surface area contributed by atoms with Crippen molar-refractivity contribution in [2.45, 2.75) is 32.5 Å².